The lowest BCUT2D eigenvalue weighted by Crippen LogP contribution is -2.45. The van der Waals surface area contributed by atoms with Crippen LogP contribution in [0.25, 0.3) is 0 Å². The highest BCUT2D eigenvalue weighted by Crippen LogP contribution is 1.97. The Labute approximate surface area is 80.1 Å². The van der Waals surface area contributed by atoms with Crippen LogP contribution in [-0.4, -0.2) is 69.4 Å². The highest BCUT2D eigenvalue weighted by Gasteiger charge is 2.12. The standard InChI is InChI=1S/C9H19N2O2/c1-10-2-4-11(5-3-10)6-8-13-9-7-12/h2-9H2,1H3. The van der Waals surface area contributed by atoms with Crippen LogP contribution >= 0.6 is 0 Å². The molecule has 1 saturated heterocycles. The zero-order chi connectivity index (χ0) is 9.52. The molecular formula is C9H19N2O2. The lowest BCUT2D eigenvalue weighted by atomic mass is 10.3. The quantitative estimate of drug-likeness (QED) is 0.553. The van der Waals surface area contributed by atoms with Gasteiger partial charge >= 0.3 is 0 Å². The number of hydrogen-bond donors (Lipinski definition) is 0. The first kappa shape index (κ1) is 10.9. The van der Waals surface area contributed by atoms with Gasteiger partial charge in [-0.2, -0.15) is 0 Å². The van der Waals surface area contributed by atoms with E-state index in [9.17, 15) is 5.11 Å². The van der Waals surface area contributed by atoms with Crippen LogP contribution < -0.4 is 0 Å². The van der Waals surface area contributed by atoms with Crippen LogP contribution in [0.3, 0.4) is 0 Å². The van der Waals surface area contributed by atoms with Crippen LogP contribution in [0.4, 0.5) is 0 Å². The van der Waals surface area contributed by atoms with E-state index in [1.165, 1.54) is 0 Å². The third kappa shape index (κ3) is 4.57. The summed E-state index contributed by atoms with van der Waals surface area (Å²) in [4.78, 5) is 4.71. The van der Waals surface area contributed by atoms with Gasteiger partial charge in [0.1, 0.15) is 6.61 Å². The normalized spacial score (nSPS) is 20.8. The third-order valence-electron chi connectivity index (χ3n) is 2.38. The molecule has 1 heterocycles. The van der Waals surface area contributed by atoms with E-state index in [2.05, 4.69) is 16.8 Å². The molecule has 1 aliphatic heterocycles. The van der Waals surface area contributed by atoms with Crippen LogP contribution in [0.15, 0.2) is 0 Å². The Bertz CT molecular complexity index is 125. The average Bonchev–Trinajstić information content (AvgIpc) is 2.15. The van der Waals surface area contributed by atoms with Crippen molar-refractivity contribution in [3.05, 3.63) is 0 Å². The minimum atomic E-state index is -0.122. The Hall–Kier alpha value is -0.160. The molecule has 0 amide bonds. The van der Waals surface area contributed by atoms with E-state index in [1.807, 2.05) is 0 Å². The van der Waals surface area contributed by atoms with Gasteiger partial charge in [-0.05, 0) is 7.05 Å². The van der Waals surface area contributed by atoms with Gasteiger partial charge in [-0.15, -0.1) is 0 Å². The summed E-state index contributed by atoms with van der Waals surface area (Å²) in [5, 5.41) is 10.1. The fraction of sp³-hybridized carbons (Fsp3) is 1.00. The largest absolute Gasteiger partial charge is 0.378 e. The van der Waals surface area contributed by atoms with Gasteiger partial charge in [0.2, 0.25) is 0 Å². The summed E-state index contributed by atoms with van der Waals surface area (Å²) in [5.41, 5.74) is 0. The maximum Gasteiger partial charge on any atom is 0.106 e. The van der Waals surface area contributed by atoms with Crippen LogP contribution in [0.5, 0.6) is 0 Å². The van der Waals surface area contributed by atoms with Crippen molar-refractivity contribution in [2.24, 2.45) is 0 Å². The molecule has 0 N–H and O–H groups in total. The molecule has 0 spiro atoms. The lowest BCUT2D eigenvalue weighted by Gasteiger charge is -2.32. The first-order valence-corrected chi connectivity index (χ1v) is 4.89. The number of piperazine rings is 1. The van der Waals surface area contributed by atoms with E-state index in [0.717, 1.165) is 32.7 Å². The molecule has 1 aliphatic rings. The molecule has 4 heteroatoms. The van der Waals surface area contributed by atoms with Gasteiger partial charge in [0.15, 0.2) is 0 Å². The highest BCUT2D eigenvalue weighted by molar-refractivity contribution is 4.68. The summed E-state index contributed by atoms with van der Waals surface area (Å²) < 4.78 is 5.14. The van der Waals surface area contributed by atoms with Gasteiger partial charge in [-0.25, -0.2) is 5.11 Å². The lowest BCUT2D eigenvalue weighted by molar-refractivity contribution is 0.0436. The monoisotopic (exact) mass is 187 g/mol. The molecule has 0 aromatic carbocycles. The maximum atomic E-state index is 10.1. The van der Waals surface area contributed by atoms with Crippen molar-refractivity contribution in [1.29, 1.82) is 0 Å². The number of likely N-dealkylation sites (N-methyl/N-ethyl adjacent to an activating group) is 1. The molecule has 0 aromatic heterocycles. The van der Waals surface area contributed by atoms with Crippen LogP contribution in [0, 0.1) is 0 Å². The number of nitrogens with zero attached hydrogens (tertiary/aromatic N) is 2. The van der Waals surface area contributed by atoms with Crippen LogP contribution in [-0.2, 0) is 9.84 Å². The molecule has 0 aromatic rings. The summed E-state index contributed by atoms with van der Waals surface area (Å²) in [6, 6.07) is 0. The maximum absolute atomic E-state index is 10.1. The van der Waals surface area contributed by atoms with Crippen molar-refractivity contribution in [3.8, 4) is 0 Å². The van der Waals surface area contributed by atoms with E-state index in [-0.39, 0.29) is 6.61 Å². The summed E-state index contributed by atoms with van der Waals surface area (Å²) in [6.45, 7) is 6.42. The van der Waals surface area contributed by atoms with E-state index >= 15 is 0 Å². The number of hydrogen-bond acceptors (Lipinski definition) is 3. The minimum Gasteiger partial charge on any atom is -0.378 e. The predicted octanol–water partition coefficient (Wildman–Crippen LogP) is -0.319. The van der Waals surface area contributed by atoms with Crippen molar-refractivity contribution < 1.29 is 9.84 Å². The Morgan fingerprint density at radius 2 is 1.85 bits per heavy atom. The molecule has 1 rings (SSSR count). The molecular weight excluding hydrogens is 168 g/mol. The van der Waals surface area contributed by atoms with E-state index < -0.39 is 0 Å². The van der Waals surface area contributed by atoms with Gasteiger partial charge in [-0.1, -0.05) is 0 Å². The van der Waals surface area contributed by atoms with Crippen molar-refractivity contribution in [1.82, 2.24) is 9.80 Å². The zero-order valence-corrected chi connectivity index (χ0v) is 8.37. The first-order chi connectivity index (χ1) is 6.33. The Kier molecular flexibility index (Phi) is 5.31. The smallest absolute Gasteiger partial charge is 0.106 e. The van der Waals surface area contributed by atoms with Gasteiger partial charge < -0.3 is 9.64 Å². The summed E-state index contributed by atoms with van der Waals surface area (Å²) >= 11 is 0. The van der Waals surface area contributed by atoms with E-state index in [4.69, 9.17) is 4.74 Å². The van der Waals surface area contributed by atoms with Gasteiger partial charge in [-0.3, -0.25) is 4.90 Å². The number of rotatable bonds is 5. The molecule has 0 atom stereocenters. The molecule has 0 bridgehead atoms. The minimum absolute atomic E-state index is 0.122. The predicted molar refractivity (Wildman–Crippen MR) is 50.3 cm³/mol. The fourth-order valence-electron chi connectivity index (χ4n) is 1.43. The molecule has 1 radical (unpaired) electrons. The third-order valence-corrected chi connectivity index (χ3v) is 2.38. The van der Waals surface area contributed by atoms with Gasteiger partial charge in [0, 0.05) is 32.7 Å². The molecule has 0 saturated carbocycles. The topological polar surface area (TPSA) is 35.6 Å². The van der Waals surface area contributed by atoms with Crippen LogP contribution in [0.2, 0.25) is 0 Å². The van der Waals surface area contributed by atoms with E-state index in [0.29, 0.717) is 13.2 Å². The molecule has 0 unspecified atom stereocenters. The van der Waals surface area contributed by atoms with Gasteiger partial charge in [0.25, 0.3) is 0 Å². The van der Waals surface area contributed by atoms with Gasteiger partial charge in [0.05, 0.1) is 13.2 Å². The fourth-order valence-corrected chi connectivity index (χ4v) is 1.43. The SMILES string of the molecule is CN1CCN(CCOCC[O])CC1. The van der Waals surface area contributed by atoms with Crippen molar-refractivity contribution in [2.75, 3.05) is 59.6 Å². The van der Waals surface area contributed by atoms with Crippen molar-refractivity contribution in [3.63, 3.8) is 0 Å². The second kappa shape index (κ2) is 6.32. The zero-order valence-electron chi connectivity index (χ0n) is 8.37. The van der Waals surface area contributed by atoms with Crippen molar-refractivity contribution >= 4 is 0 Å². The molecule has 4 nitrogen and oxygen atoms in total. The molecule has 1 fully saturated rings. The van der Waals surface area contributed by atoms with Crippen molar-refractivity contribution in [2.45, 2.75) is 0 Å². The molecule has 0 aliphatic carbocycles. The summed E-state index contributed by atoms with van der Waals surface area (Å²) in [6.07, 6.45) is 0. The second-order valence-corrected chi connectivity index (χ2v) is 3.46. The molecule has 77 valence electrons. The Morgan fingerprint density at radius 1 is 1.15 bits per heavy atom. The molecule has 13 heavy (non-hydrogen) atoms. The Balaban J connectivity index is 1.96. The highest BCUT2D eigenvalue weighted by atomic mass is 16.5. The van der Waals surface area contributed by atoms with Crippen LogP contribution in [0.1, 0.15) is 0 Å². The number of ether oxygens (including phenoxy) is 1. The first-order valence-electron chi connectivity index (χ1n) is 4.89. The van der Waals surface area contributed by atoms with E-state index in [1.54, 1.807) is 0 Å². The second-order valence-electron chi connectivity index (χ2n) is 3.46. The summed E-state index contributed by atoms with van der Waals surface area (Å²) in [7, 11) is 2.14. The summed E-state index contributed by atoms with van der Waals surface area (Å²) in [5.74, 6) is 0. The Morgan fingerprint density at radius 3 is 2.46 bits per heavy atom. The average molecular weight is 187 g/mol.